The number of nitrogens with zero attached hydrogens (tertiary/aromatic N) is 3. The van der Waals surface area contributed by atoms with Gasteiger partial charge < -0.3 is 10.1 Å². The van der Waals surface area contributed by atoms with Gasteiger partial charge in [0.2, 0.25) is 0 Å². The number of hydrogen-bond acceptors (Lipinski definition) is 4. The fraction of sp³-hybridized carbons (Fsp3) is 0.167. The highest BCUT2D eigenvalue weighted by Gasteiger charge is 2.10. The smallest absolute Gasteiger partial charge is 0.251 e. The summed E-state index contributed by atoms with van der Waals surface area (Å²) >= 11 is 0. The van der Waals surface area contributed by atoms with Crippen LogP contribution in [0.15, 0.2) is 54.7 Å². The number of halogens is 1. The van der Waals surface area contributed by atoms with Crippen molar-refractivity contribution < 1.29 is 13.9 Å². The molecular weight excluding hydrogens is 323 g/mol. The Morgan fingerprint density at radius 2 is 2.04 bits per heavy atom. The van der Waals surface area contributed by atoms with Crippen molar-refractivity contribution in [3.63, 3.8) is 0 Å². The van der Waals surface area contributed by atoms with Gasteiger partial charge in [0.1, 0.15) is 0 Å². The number of hydrogen-bond donors (Lipinski definition) is 1. The molecule has 0 radical (unpaired) electrons. The van der Waals surface area contributed by atoms with E-state index in [1.165, 1.54) is 24.0 Å². The summed E-state index contributed by atoms with van der Waals surface area (Å²) in [6.45, 7) is 0.375. The second-order valence-corrected chi connectivity index (χ2v) is 5.32. The van der Waals surface area contributed by atoms with Crippen molar-refractivity contribution in [3.8, 4) is 11.4 Å². The molecule has 128 valence electrons. The Balaban J connectivity index is 1.55. The number of aromatic nitrogens is 3. The minimum Gasteiger partial charge on any atom is -0.494 e. The van der Waals surface area contributed by atoms with E-state index in [1.807, 2.05) is 30.3 Å². The van der Waals surface area contributed by atoms with Crippen molar-refractivity contribution in [1.82, 2.24) is 20.3 Å². The molecule has 0 atom stereocenters. The average Bonchev–Trinajstić information content (AvgIpc) is 3.11. The molecule has 3 rings (SSSR count). The van der Waals surface area contributed by atoms with Gasteiger partial charge in [-0.3, -0.25) is 4.79 Å². The molecule has 1 aromatic heterocycles. The molecule has 2 aromatic carbocycles. The summed E-state index contributed by atoms with van der Waals surface area (Å²) in [6, 6.07) is 13.6. The van der Waals surface area contributed by atoms with Gasteiger partial charge in [-0.15, -0.1) is 0 Å². The third-order valence-electron chi connectivity index (χ3n) is 3.61. The van der Waals surface area contributed by atoms with Gasteiger partial charge >= 0.3 is 0 Å². The number of ether oxygens (including phenoxy) is 1. The average molecular weight is 340 g/mol. The van der Waals surface area contributed by atoms with E-state index in [2.05, 4.69) is 15.5 Å². The van der Waals surface area contributed by atoms with Gasteiger partial charge in [-0.25, -0.2) is 4.39 Å². The molecule has 1 amide bonds. The number of amides is 1. The van der Waals surface area contributed by atoms with Gasteiger partial charge in [-0.05, 0) is 30.3 Å². The molecule has 0 bridgehead atoms. The molecule has 7 heteroatoms. The van der Waals surface area contributed by atoms with Gasteiger partial charge in [0.25, 0.3) is 5.91 Å². The third kappa shape index (κ3) is 4.00. The van der Waals surface area contributed by atoms with E-state index in [1.54, 1.807) is 6.20 Å². The minimum atomic E-state index is -0.569. The standard InChI is InChI=1S/C18H17FN4O2/c1-25-17-8-7-13(11-16(17)19)18(24)20-10-9-14-12-21-23(22-14)15-5-3-2-4-6-15/h2-8,11-12H,9-10H2,1H3,(H,20,24). The Bertz CT molecular complexity index is 865. The van der Waals surface area contributed by atoms with Gasteiger partial charge in [-0.1, -0.05) is 18.2 Å². The van der Waals surface area contributed by atoms with Crippen LogP contribution in [-0.2, 0) is 6.42 Å². The molecule has 1 heterocycles. The van der Waals surface area contributed by atoms with Crippen molar-refractivity contribution in [1.29, 1.82) is 0 Å². The summed E-state index contributed by atoms with van der Waals surface area (Å²) in [5.41, 5.74) is 1.86. The number of para-hydroxylation sites is 1. The zero-order valence-electron chi connectivity index (χ0n) is 13.6. The van der Waals surface area contributed by atoms with Crippen LogP contribution in [0.1, 0.15) is 16.1 Å². The molecule has 3 aromatic rings. The van der Waals surface area contributed by atoms with Crippen LogP contribution in [0.5, 0.6) is 5.75 Å². The fourth-order valence-electron chi connectivity index (χ4n) is 2.31. The summed E-state index contributed by atoms with van der Waals surface area (Å²) in [6.07, 6.45) is 2.18. The zero-order valence-corrected chi connectivity index (χ0v) is 13.6. The number of nitrogens with one attached hydrogen (secondary N) is 1. The van der Waals surface area contributed by atoms with E-state index in [9.17, 15) is 9.18 Å². The molecule has 0 saturated carbocycles. The van der Waals surface area contributed by atoms with E-state index < -0.39 is 5.82 Å². The van der Waals surface area contributed by atoms with Crippen LogP contribution < -0.4 is 10.1 Å². The summed E-state index contributed by atoms with van der Waals surface area (Å²) in [5.74, 6) is -0.813. The van der Waals surface area contributed by atoms with E-state index >= 15 is 0 Å². The van der Waals surface area contributed by atoms with Crippen LogP contribution in [0, 0.1) is 5.82 Å². The molecule has 0 fully saturated rings. The highest BCUT2D eigenvalue weighted by atomic mass is 19.1. The summed E-state index contributed by atoms with van der Waals surface area (Å²) < 4.78 is 18.5. The van der Waals surface area contributed by atoms with Crippen LogP contribution in [0.4, 0.5) is 4.39 Å². The number of methoxy groups -OCH3 is 1. The number of benzene rings is 2. The monoisotopic (exact) mass is 340 g/mol. The number of carbonyl (C=O) groups is 1. The first-order chi connectivity index (χ1) is 12.2. The minimum absolute atomic E-state index is 0.106. The highest BCUT2D eigenvalue weighted by molar-refractivity contribution is 5.94. The first-order valence-corrected chi connectivity index (χ1v) is 7.76. The molecule has 0 spiro atoms. The van der Waals surface area contributed by atoms with E-state index in [-0.39, 0.29) is 17.2 Å². The predicted octanol–water partition coefficient (Wildman–Crippen LogP) is 2.39. The molecule has 0 aliphatic carbocycles. The largest absolute Gasteiger partial charge is 0.494 e. The molecule has 0 unspecified atom stereocenters. The quantitative estimate of drug-likeness (QED) is 0.748. The van der Waals surface area contributed by atoms with Gasteiger partial charge in [0, 0.05) is 18.5 Å². The second-order valence-electron chi connectivity index (χ2n) is 5.32. The Morgan fingerprint density at radius 1 is 1.24 bits per heavy atom. The zero-order chi connectivity index (χ0) is 17.6. The molecule has 0 aliphatic rings. The first-order valence-electron chi connectivity index (χ1n) is 7.76. The van der Waals surface area contributed by atoms with Crippen molar-refractivity contribution in [3.05, 3.63) is 71.8 Å². The van der Waals surface area contributed by atoms with E-state index in [4.69, 9.17) is 4.74 Å². The van der Waals surface area contributed by atoms with Crippen molar-refractivity contribution in [2.24, 2.45) is 0 Å². The molecule has 0 saturated heterocycles. The van der Waals surface area contributed by atoms with Crippen LogP contribution in [-0.4, -0.2) is 34.6 Å². The van der Waals surface area contributed by atoms with E-state index in [0.29, 0.717) is 13.0 Å². The Labute approximate surface area is 144 Å². The topological polar surface area (TPSA) is 69.0 Å². The lowest BCUT2D eigenvalue weighted by atomic mass is 10.2. The summed E-state index contributed by atoms with van der Waals surface area (Å²) in [7, 11) is 1.38. The highest BCUT2D eigenvalue weighted by Crippen LogP contribution is 2.17. The number of carbonyl (C=O) groups excluding carboxylic acids is 1. The lowest BCUT2D eigenvalue weighted by molar-refractivity contribution is 0.0953. The van der Waals surface area contributed by atoms with Gasteiger partial charge in [0.15, 0.2) is 11.6 Å². The van der Waals surface area contributed by atoms with Crippen molar-refractivity contribution in [2.75, 3.05) is 13.7 Å². The van der Waals surface area contributed by atoms with Crippen LogP contribution in [0.3, 0.4) is 0 Å². The van der Waals surface area contributed by atoms with Crippen LogP contribution >= 0.6 is 0 Å². The van der Waals surface area contributed by atoms with Crippen LogP contribution in [0.25, 0.3) is 5.69 Å². The maximum atomic E-state index is 13.6. The maximum Gasteiger partial charge on any atom is 0.251 e. The first kappa shape index (κ1) is 16.6. The van der Waals surface area contributed by atoms with Gasteiger partial charge in [-0.2, -0.15) is 15.0 Å². The SMILES string of the molecule is COc1ccc(C(=O)NCCc2cnn(-c3ccccc3)n2)cc1F. The van der Waals surface area contributed by atoms with Crippen molar-refractivity contribution in [2.45, 2.75) is 6.42 Å². The van der Waals surface area contributed by atoms with Crippen molar-refractivity contribution >= 4 is 5.91 Å². The third-order valence-corrected chi connectivity index (χ3v) is 3.61. The molecule has 1 N–H and O–H groups in total. The second kappa shape index (κ2) is 7.57. The Hall–Kier alpha value is -3.22. The van der Waals surface area contributed by atoms with E-state index in [0.717, 1.165) is 17.4 Å². The van der Waals surface area contributed by atoms with Crippen LogP contribution in [0.2, 0.25) is 0 Å². The normalized spacial score (nSPS) is 10.5. The maximum absolute atomic E-state index is 13.6. The Kier molecular flexibility index (Phi) is 5.03. The predicted molar refractivity (Wildman–Crippen MR) is 90.3 cm³/mol. The lowest BCUT2D eigenvalue weighted by Gasteiger charge is -2.06. The molecule has 25 heavy (non-hydrogen) atoms. The molecular formula is C18H17FN4O2. The fourth-order valence-corrected chi connectivity index (χ4v) is 2.31. The lowest BCUT2D eigenvalue weighted by Crippen LogP contribution is -2.25. The van der Waals surface area contributed by atoms with Gasteiger partial charge in [0.05, 0.1) is 24.7 Å². The summed E-state index contributed by atoms with van der Waals surface area (Å²) in [5, 5.41) is 11.3. The summed E-state index contributed by atoms with van der Waals surface area (Å²) in [4.78, 5) is 13.6. The Morgan fingerprint density at radius 3 is 2.76 bits per heavy atom. The molecule has 6 nitrogen and oxygen atoms in total. The molecule has 0 aliphatic heterocycles. The number of rotatable bonds is 6.